The van der Waals surface area contributed by atoms with E-state index in [2.05, 4.69) is 4.98 Å². The van der Waals surface area contributed by atoms with Gasteiger partial charge in [-0.2, -0.15) is 0 Å². The molecule has 1 aliphatic rings. The number of halogens is 3. The molecule has 0 N–H and O–H groups in total. The van der Waals surface area contributed by atoms with Crippen molar-refractivity contribution in [2.24, 2.45) is 5.92 Å². The predicted octanol–water partition coefficient (Wildman–Crippen LogP) is 4.68. The van der Waals surface area contributed by atoms with Crippen molar-refractivity contribution in [2.75, 3.05) is 5.88 Å². The molecule has 3 rings (SSSR count). The second-order valence-electron chi connectivity index (χ2n) is 5.79. The van der Waals surface area contributed by atoms with Gasteiger partial charge in [0.15, 0.2) is 11.6 Å². The minimum absolute atomic E-state index is 0.285. The summed E-state index contributed by atoms with van der Waals surface area (Å²) < 4.78 is 29.5. The molecule has 0 amide bonds. The van der Waals surface area contributed by atoms with Crippen molar-refractivity contribution in [1.29, 1.82) is 0 Å². The van der Waals surface area contributed by atoms with E-state index >= 15 is 0 Å². The number of hydrogen-bond acceptors (Lipinski definition) is 1. The standard InChI is InChI=1S/C16H19ClF2N2/c17-9-7-14-20-13-6-5-12(18)15(19)16(13)21(14)10-8-11-3-1-2-4-11/h5-6,11H,1-4,7-10H2. The van der Waals surface area contributed by atoms with E-state index in [9.17, 15) is 8.78 Å². The molecule has 0 radical (unpaired) electrons. The van der Waals surface area contributed by atoms with Crippen LogP contribution >= 0.6 is 11.6 Å². The summed E-state index contributed by atoms with van der Waals surface area (Å²) in [6.45, 7) is 0.688. The van der Waals surface area contributed by atoms with E-state index in [1.165, 1.54) is 31.7 Å². The molecule has 1 saturated carbocycles. The molecule has 0 unspecified atom stereocenters. The molecule has 0 bridgehead atoms. The highest BCUT2D eigenvalue weighted by atomic mass is 35.5. The maximum atomic E-state index is 14.1. The lowest BCUT2D eigenvalue weighted by Crippen LogP contribution is -2.09. The molecule has 21 heavy (non-hydrogen) atoms. The Kier molecular flexibility index (Phi) is 4.43. The first-order valence-corrected chi connectivity index (χ1v) is 8.13. The van der Waals surface area contributed by atoms with Crippen molar-refractivity contribution in [3.8, 4) is 0 Å². The van der Waals surface area contributed by atoms with E-state index in [1.807, 2.05) is 4.57 Å². The molecule has 1 aromatic carbocycles. The maximum Gasteiger partial charge on any atom is 0.184 e. The number of aromatic nitrogens is 2. The molecule has 1 aliphatic carbocycles. The first kappa shape index (κ1) is 14.8. The zero-order valence-electron chi connectivity index (χ0n) is 11.9. The molecule has 114 valence electrons. The van der Waals surface area contributed by atoms with Gasteiger partial charge in [-0.05, 0) is 24.5 Å². The Morgan fingerprint density at radius 2 is 2.00 bits per heavy atom. The predicted molar refractivity (Wildman–Crippen MR) is 80.6 cm³/mol. The van der Waals surface area contributed by atoms with Gasteiger partial charge in [-0.15, -0.1) is 11.6 Å². The summed E-state index contributed by atoms with van der Waals surface area (Å²) >= 11 is 5.81. The highest BCUT2D eigenvalue weighted by molar-refractivity contribution is 6.17. The van der Waals surface area contributed by atoms with Crippen molar-refractivity contribution in [2.45, 2.75) is 45.1 Å². The van der Waals surface area contributed by atoms with E-state index in [0.717, 1.165) is 18.3 Å². The molecular weight excluding hydrogens is 294 g/mol. The van der Waals surface area contributed by atoms with Crippen LogP contribution in [-0.2, 0) is 13.0 Å². The van der Waals surface area contributed by atoms with Gasteiger partial charge in [0.05, 0.1) is 5.52 Å². The van der Waals surface area contributed by atoms with Crippen LogP contribution in [0.5, 0.6) is 0 Å². The number of alkyl halides is 1. The Hall–Kier alpha value is -1.16. The minimum atomic E-state index is -0.818. The molecule has 5 heteroatoms. The van der Waals surface area contributed by atoms with Crippen LogP contribution in [-0.4, -0.2) is 15.4 Å². The molecule has 0 spiro atoms. The van der Waals surface area contributed by atoms with Gasteiger partial charge in [0.2, 0.25) is 0 Å². The molecule has 1 aromatic heterocycles. The smallest absolute Gasteiger partial charge is 0.184 e. The van der Waals surface area contributed by atoms with Crippen LogP contribution in [0.3, 0.4) is 0 Å². The van der Waals surface area contributed by atoms with Gasteiger partial charge >= 0.3 is 0 Å². The van der Waals surface area contributed by atoms with Crippen molar-refractivity contribution >= 4 is 22.6 Å². The van der Waals surface area contributed by atoms with Gasteiger partial charge in [0.1, 0.15) is 11.3 Å². The lowest BCUT2D eigenvalue weighted by molar-refractivity contribution is 0.452. The molecule has 1 heterocycles. The van der Waals surface area contributed by atoms with E-state index in [4.69, 9.17) is 11.6 Å². The van der Waals surface area contributed by atoms with E-state index < -0.39 is 11.6 Å². The number of aryl methyl sites for hydroxylation is 2. The quantitative estimate of drug-likeness (QED) is 0.733. The van der Waals surface area contributed by atoms with Gasteiger partial charge < -0.3 is 4.57 Å². The Morgan fingerprint density at radius 3 is 2.71 bits per heavy atom. The van der Waals surface area contributed by atoms with Gasteiger partial charge in [-0.1, -0.05) is 25.7 Å². The van der Waals surface area contributed by atoms with E-state index in [-0.39, 0.29) is 5.52 Å². The summed E-state index contributed by atoms with van der Waals surface area (Å²) in [7, 11) is 0. The number of fused-ring (bicyclic) bond motifs is 1. The van der Waals surface area contributed by atoms with Crippen LogP contribution in [0, 0.1) is 17.6 Å². The number of rotatable bonds is 5. The largest absolute Gasteiger partial charge is 0.325 e. The van der Waals surface area contributed by atoms with Crippen LogP contribution < -0.4 is 0 Å². The van der Waals surface area contributed by atoms with Crippen molar-refractivity contribution in [3.05, 3.63) is 29.6 Å². The van der Waals surface area contributed by atoms with E-state index in [1.54, 1.807) is 0 Å². The lowest BCUT2D eigenvalue weighted by atomic mass is 10.0. The van der Waals surface area contributed by atoms with Gasteiger partial charge in [-0.25, -0.2) is 13.8 Å². The fraction of sp³-hybridized carbons (Fsp3) is 0.562. The van der Waals surface area contributed by atoms with Crippen LogP contribution in [0.25, 0.3) is 11.0 Å². The van der Waals surface area contributed by atoms with Crippen molar-refractivity contribution < 1.29 is 8.78 Å². The van der Waals surface area contributed by atoms with E-state index in [0.29, 0.717) is 30.3 Å². The molecule has 0 aliphatic heterocycles. The average molecular weight is 313 g/mol. The maximum absolute atomic E-state index is 14.1. The van der Waals surface area contributed by atoms with Crippen LogP contribution in [0.4, 0.5) is 8.78 Å². The summed E-state index contributed by atoms with van der Waals surface area (Å²) in [6, 6.07) is 2.67. The lowest BCUT2D eigenvalue weighted by Gasteiger charge is -2.13. The number of imidazole rings is 1. The first-order chi connectivity index (χ1) is 10.2. The van der Waals surface area contributed by atoms with Crippen LogP contribution in [0.1, 0.15) is 37.9 Å². The molecule has 2 nitrogen and oxygen atoms in total. The highest BCUT2D eigenvalue weighted by Gasteiger charge is 2.20. The molecular formula is C16H19ClF2N2. The minimum Gasteiger partial charge on any atom is -0.325 e. The summed E-state index contributed by atoms with van der Waals surface area (Å²) in [5.41, 5.74) is 0.800. The number of hydrogen-bond donors (Lipinski definition) is 0. The monoisotopic (exact) mass is 312 g/mol. The van der Waals surface area contributed by atoms with Gasteiger partial charge in [0.25, 0.3) is 0 Å². The fourth-order valence-electron chi connectivity index (χ4n) is 3.33. The second kappa shape index (κ2) is 6.30. The van der Waals surface area contributed by atoms with Crippen molar-refractivity contribution in [1.82, 2.24) is 9.55 Å². The number of benzene rings is 1. The topological polar surface area (TPSA) is 17.8 Å². The molecule has 0 atom stereocenters. The Morgan fingerprint density at radius 1 is 1.24 bits per heavy atom. The SMILES string of the molecule is Fc1ccc2nc(CCCl)n(CCC3CCCC3)c2c1F. The third kappa shape index (κ3) is 2.91. The second-order valence-corrected chi connectivity index (χ2v) is 6.16. The Bertz CT molecular complexity index is 633. The Balaban J connectivity index is 1.95. The number of nitrogens with zero attached hydrogens (tertiary/aromatic N) is 2. The summed E-state index contributed by atoms with van der Waals surface area (Å²) in [6.07, 6.45) is 6.63. The molecule has 2 aromatic rings. The van der Waals surface area contributed by atoms with Crippen molar-refractivity contribution in [3.63, 3.8) is 0 Å². The third-order valence-corrected chi connectivity index (χ3v) is 4.62. The van der Waals surface area contributed by atoms with Crippen LogP contribution in [0.2, 0.25) is 0 Å². The molecule has 0 saturated heterocycles. The summed E-state index contributed by atoms with van der Waals surface area (Å²) in [5, 5.41) is 0. The van der Waals surface area contributed by atoms with Gasteiger partial charge in [0, 0.05) is 18.8 Å². The zero-order valence-corrected chi connectivity index (χ0v) is 12.7. The van der Waals surface area contributed by atoms with Gasteiger partial charge in [-0.3, -0.25) is 0 Å². The average Bonchev–Trinajstić information content (AvgIpc) is 3.09. The molecule has 1 fully saturated rings. The zero-order chi connectivity index (χ0) is 14.8. The normalized spacial score (nSPS) is 16.1. The third-order valence-electron chi connectivity index (χ3n) is 4.43. The van der Waals surface area contributed by atoms with Crippen LogP contribution in [0.15, 0.2) is 12.1 Å². The fourth-order valence-corrected chi connectivity index (χ4v) is 3.50. The first-order valence-electron chi connectivity index (χ1n) is 7.59. The Labute approximate surface area is 128 Å². The summed E-state index contributed by atoms with van der Waals surface area (Å²) in [4.78, 5) is 4.42. The highest BCUT2D eigenvalue weighted by Crippen LogP contribution is 2.29. The summed E-state index contributed by atoms with van der Waals surface area (Å²) in [5.74, 6) is 0.260.